The first-order chi connectivity index (χ1) is 12.4. The molecule has 26 heavy (non-hydrogen) atoms. The van der Waals surface area contributed by atoms with Crippen LogP contribution in [0.3, 0.4) is 0 Å². The second-order valence-corrected chi connectivity index (χ2v) is 5.98. The van der Waals surface area contributed by atoms with Crippen molar-refractivity contribution in [3.05, 3.63) is 59.1 Å². The molecule has 8 heteroatoms. The van der Waals surface area contributed by atoms with Crippen LogP contribution >= 0.6 is 11.6 Å². The van der Waals surface area contributed by atoms with Gasteiger partial charge in [-0.25, -0.2) is 0 Å². The molecule has 0 aliphatic rings. The molecular weight excluding hydrogens is 356 g/mol. The maximum atomic E-state index is 12.1. The Kier molecular flexibility index (Phi) is 6.57. The van der Waals surface area contributed by atoms with Crippen LogP contribution in [0.1, 0.15) is 10.4 Å². The number of nitrogens with zero attached hydrogens (tertiary/aromatic N) is 1. The van der Waals surface area contributed by atoms with Crippen molar-refractivity contribution in [3.8, 4) is 0 Å². The van der Waals surface area contributed by atoms with Crippen molar-refractivity contribution >= 4 is 40.7 Å². The predicted octanol–water partition coefficient (Wildman–Crippen LogP) is 1.95. The lowest BCUT2D eigenvalue weighted by atomic mass is 10.2. The number of carbonyl (C=O) groups is 3. The molecule has 7 nitrogen and oxygen atoms in total. The summed E-state index contributed by atoms with van der Waals surface area (Å²) >= 11 is 5.98. The van der Waals surface area contributed by atoms with Gasteiger partial charge in [0.05, 0.1) is 23.8 Å². The molecule has 0 radical (unpaired) electrons. The summed E-state index contributed by atoms with van der Waals surface area (Å²) < 4.78 is 0. The zero-order valence-corrected chi connectivity index (χ0v) is 14.9. The average Bonchev–Trinajstić information content (AvgIpc) is 2.61. The van der Waals surface area contributed by atoms with Crippen LogP contribution < -0.4 is 16.4 Å². The van der Waals surface area contributed by atoms with Crippen LogP contribution in [0.4, 0.5) is 11.4 Å². The van der Waals surface area contributed by atoms with Gasteiger partial charge in [-0.05, 0) is 36.4 Å². The third-order valence-corrected chi connectivity index (χ3v) is 3.90. The molecule has 0 spiro atoms. The maximum Gasteiger partial charge on any atom is 0.248 e. The highest BCUT2D eigenvalue weighted by Crippen LogP contribution is 2.20. The van der Waals surface area contributed by atoms with Crippen LogP contribution in [-0.4, -0.2) is 42.8 Å². The summed E-state index contributed by atoms with van der Waals surface area (Å²) in [6.07, 6.45) is 0. The molecule has 0 aliphatic carbocycles. The van der Waals surface area contributed by atoms with Gasteiger partial charge in [0.15, 0.2) is 0 Å². The second-order valence-electron chi connectivity index (χ2n) is 5.57. The van der Waals surface area contributed by atoms with Crippen LogP contribution in [0, 0.1) is 0 Å². The van der Waals surface area contributed by atoms with Gasteiger partial charge in [-0.15, -0.1) is 0 Å². The first kappa shape index (κ1) is 19.3. The lowest BCUT2D eigenvalue weighted by molar-refractivity contribution is -0.131. The molecule has 2 aromatic rings. The molecule has 0 heterocycles. The van der Waals surface area contributed by atoms with E-state index in [1.165, 1.54) is 11.9 Å². The van der Waals surface area contributed by atoms with E-state index in [9.17, 15) is 14.4 Å². The zero-order valence-electron chi connectivity index (χ0n) is 14.2. The molecule has 0 aliphatic heterocycles. The summed E-state index contributed by atoms with van der Waals surface area (Å²) in [6, 6.07) is 13.3. The Balaban J connectivity index is 1.82. The van der Waals surface area contributed by atoms with Gasteiger partial charge in [-0.2, -0.15) is 0 Å². The molecule has 0 aromatic heterocycles. The number of hydrogen-bond acceptors (Lipinski definition) is 4. The Labute approximate surface area is 156 Å². The van der Waals surface area contributed by atoms with E-state index in [-0.39, 0.29) is 24.9 Å². The lowest BCUT2D eigenvalue weighted by Crippen LogP contribution is -2.38. The van der Waals surface area contributed by atoms with Gasteiger partial charge in [0.2, 0.25) is 17.7 Å². The molecule has 0 bridgehead atoms. The smallest absolute Gasteiger partial charge is 0.248 e. The average molecular weight is 375 g/mol. The Morgan fingerprint density at radius 1 is 1.08 bits per heavy atom. The van der Waals surface area contributed by atoms with Crippen LogP contribution in [0.25, 0.3) is 0 Å². The van der Waals surface area contributed by atoms with Gasteiger partial charge < -0.3 is 21.3 Å². The van der Waals surface area contributed by atoms with Crippen molar-refractivity contribution in [3.63, 3.8) is 0 Å². The summed E-state index contributed by atoms with van der Waals surface area (Å²) in [6.45, 7) is -0.0991. The van der Waals surface area contributed by atoms with Crippen molar-refractivity contribution in [2.24, 2.45) is 5.73 Å². The van der Waals surface area contributed by atoms with E-state index in [4.69, 9.17) is 17.3 Å². The standard InChI is InChI=1S/C18H19ClN4O3/c1-23(11-16(24)22-15-5-3-2-4-14(15)19)17(25)10-21-13-8-6-12(7-9-13)18(20)26/h2-9,21H,10-11H2,1H3,(H2,20,26)(H,22,24). The first-order valence-corrected chi connectivity index (χ1v) is 8.16. The Hall–Kier alpha value is -3.06. The number of likely N-dealkylation sites (N-methyl/N-ethyl adjacent to an activating group) is 1. The number of anilines is 2. The number of carbonyl (C=O) groups excluding carboxylic acids is 3. The summed E-state index contributed by atoms with van der Waals surface area (Å²) in [4.78, 5) is 36.5. The lowest BCUT2D eigenvalue weighted by Gasteiger charge is -2.18. The third-order valence-electron chi connectivity index (χ3n) is 3.57. The van der Waals surface area contributed by atoms with E-state index in [0.29, 0.717) is 22.0 Å². The van der Waals surface area contributed by atoms with Crippen LogP contribution in [0.15, 0.2) is 48.5 Å². The van der Waals surface area contributed by atoms with Crippen LogP contribution in [0.5, 0.6) is 0 Å². The molecule has 4 N–H and O–H groups in total. The van der Waals surface area contributed by atoms with Crippen LogP contribution in [-0.2, 0) is 9.59 Å². The van der Waals surface area contributed by atoms with E-state index >= 15 is 0 Å². The number of rotatable bonds is 7. The Morgan fingerprint density at radius 3 is 2.35 bits per heavy atom. The number of para-hydroxylation sites is 1. The van der Waals surface area contributed by atoms with Gasteiger partial charge in [-0.3, -0.25) is 14.4 Å². The molecule has 136 valence electrons. The number of amides is 3. The number of benzene rings is 2. The highest BCUT2D eigenvalue weighted by atomic mass is 35.5. The number of primary amides is 1. The second kappa shape index (κ2) is 8.87. The van der Waals surface area contributed by atoms with E-state index in [1.54, 1.807) is 48.5 Å². The third kappa shape index (κ3) is 5.49. The Morgan fingerprint density at radius 2 is 1.73 bits per heavy atom. The van der Waals surface area contributed by atoms with Gasteiger partial charge in [0.25, 0.3) is 0 Å². The largest absolute Gasteiger partial charge is 0.376 e. The molecule has 0 unspecified atom stereocenters. The molecular formula is C18H19ClN4O3. The number of halogens is 1. The van der Waals surface area contributed by atoms with Gasteiger partial charge >= 0.3 is 0 Å². The zero-order chi connectivity index (χ0) is 19.1. The van der Waals surface area contributed by atoms with E-state index in [0.717, 1.165) is 0 Å². The molecule has 0 saturated heterocycles. The van der Waals surface area contributed by atoms with Crippen molar-refractivity contribution < 1.29 is 14.4 Å². The first-order valence-electron chi connectivity index (χ1n) is 7.79. The summed E-state index contributed by atoms with van der Waals surface area (Å²) in [5.74, 6) is -1.13. The topological polar surface area (TPSA) is 105 Å². The van der Waals surface area contributed by atoms with Crippen molar-refractivity contribution in [2.75, 3.05) is 30.8 Å². The highest BCUT2D eigenvalue weighted by Gasteiger charge is 2.13. The van der Waals surface area contributed by atoms with Crippen LogP contribution in [0.2, 0.25) is 5.02 Å². The summed E-state index contributed by atoms with van der Waals surface area (Å²) in [5, 5.41) is 6.01. The minimum Gasteiger partial charge on any atom is -0.376 e. The fraction of sp³-hybridized carbons (Fsp3) is 0.167. The van der Waals surface area contributed by atoms with E-state index in [1.807, 2.05) is 0 Å². The fourth-order valence-electron chi connectivity index (χ4n) is 2.12. The minimum atomic E-state index is -0.517. The van der Waals surface area contributed by atoms with Gasteiger partial charge in [0.1, 0.15) is 0 Å². The fourth-order valence-corrected chi connectivity index (χ4v) is 2.30. The summed E-state index contributed by atoms with van der Waals surface area (Å²) in [5.41, 5.74) is 6.71. The normalized spacial score (nSPS) is 10.1. The molecule has 2 aromatic carbocycles. The highest BCUT2D eigenvalue weighted by molar-refractivity contribution is 6.33. The van der Waals surface area contributed by atoms with E-state index in [2.05, 4.69) is 10.6 Å². The van der Waals surface area contributed by atoms with Gasteiger partial charge in [-0.1, -0.05) is 23.7 Å². The SMILES string of the molecule is CN(CC(=O)Nc1ccccc1Cl)C(=O)CNc1ccc(C(N)=O)cc1. The molecule has 0 saturated carbocycles. The molecule has 0 fully saturated rings. The number of nitrogens with one attached hydrogen (secondary N) is 2. The van der Waals surface area contributed by atoms with Crippen molar-refractivity contribution in [1.29, 1.82) is 0 Å². The molecule has 2 rings (SSSR count). The quantitative estimate of drug-likeness (QED) is 0.688. The minimum absolute atomic E-state index is 0.00575. The summed E-state index contributed by atoms with van der Waals surface area (Å²) in [7, 11) is 1.53. The molecule has 0 atom stereocenters. The number of nitrogens with two attached hydrogens (primary N) is 1. The number of hydrogen-bond donors (Lipinski definition) is 3. The Bertz CT molecular complexity index is 808. The maximum absolute atomic E-state index is 12.1. The van der Waals surface area contributed by atoms with Crippen molar-refractivity contribution in [2.45, 2.75) is 0 Å². The monoisotopic (exact) mass is 374 g/mol. The molecule has 3 amide bonds. The van der Waals surface area contributed by atoms with Gasteiger partial charge in [0, 0.05) is 18.3 Å². The predicted molar refractivity (Wildman–Crippen MR) is 101 cm³/mol. The van der Waals surface area contributed by atoms with E-state index < -0.39 is 5.91 Å². The van der Waals surface area contributed by atoms with Crippen molar-refractivity contribution in [1.82, 2.24) is 4.90 Å².